The van der Waals surface area contributed by atoms with Gasteiger partial charge in [0.1, 0.15) is 11.8 Å². The Morgan fingerprint density at radius 3 is 2.68 bits per heavy atom. The molecule has 2 aromatic heterocycles. The molecule has 1 fully saturated rings. The molecular formula is C28H35N5O4. The van der Waals surface area contributed by atoms with Crippen LogP contribution in [0.1, 0.15) is 31.9 Å². The van der Waals surface area contributed by atoms with Crippen LogP contribution >= 0.6 is 0 Å². The maximum atomic E-state index is 13.2. The average Bonchev–Trinajstić information content (AvgIpc) is 3.30. The van der Waals surface area contributed by atoms with E-state index in [1.54, 1.807) is 19.2 Å². The zero-order chi connectivity index (χ0) is 26.1. The highest BCUT2D eigenvalue weighted by Gasteiger charge is 2.37. The van der Waals surface area contributed by atoms with Crippen molar-refractivity contribution < 1.29 is 14.3 Å². The lowest BCUT2D eigenvalue weighted by molar-refractivity contribution is -0.124. The minimum absolute atomic E-state index is 0.0219. The van der Waals surface area contributed by atoms with Gasteiger partial charge >= 0.3 is 6.03 Å². The molecule has 2 aliphatic heterocycles. The Hall–Kier alpha value is -3.75. The highest BCUT2D eigenvalue weighted by Crippen LogP contribution is 2.35. The summed E-state index contributed by atoms with van der Waals surface area (Å²) in [6, 6.07) is 12.4. The maximum absolute atomic E-state index is 13.2. The quantitative estimate of drug-likeness (QED) is 0.516. The summed E-state index contributed by atoms with van der Waals surface area (Å²) in [5.74, 6) is 0.933. The highest BCUT2D eigenvalue weighted by atomic mass is 16.5. The predicted octanol–water partition coefficient (Wildman–Crippen LogP) is 2.78. The van der Waals surface area contributed by atoms with Crippen LogP contribution in [0.3, 0.4) is 0 Å². The van der Waals surface area contributed by atoms with Gasteiger partial charge in [-0.1, -0.05) is 26.0 Å². The van der Waals surface area contributed by atoms with Crippen LogP contribution in [0, 0.1) is 11.8 Å². The lowest BCUT2D eigenvalue weighted by atomic mass is 9.83. The number of fused-ring (bicyclic) bond motifs is 5. The van der Waals surface area contributed by atoms with E-state index in [1.165, 1.54) is 0 Å². The van der Waals surface area contributed by atoms with Gasteiger partial charge in [-0.25, -0.2) is 4.79 Å². The second-order valence-electron chi connectivity index (χ2n) is 10.5. The summed E-state index contributed by atoms with van der Waals surface area (Å²) in [6.45, 7) is 6.67. The number of rotatable bonds is 7. The fourth-order valence-corrected chi connectivity index (χ4v) is 5.80. The molecule has 2 bridgehead atoms. The van der Waals surface area contributed by atoms with Crippen LogP contribution in [0.2, 0.25) is 0 Å². The Kier molecular flexibility index (Phi) is 6.95. The molecule has 4 heterocycles. The summed E-state index contributed by atoms with van der Waals surface area (Å²) in [5.41, 5.74) is 2.06. The fraction of sp³-hybridized carbons (Fsp3) is 0.464. The van der Waals surface area contributed by atoms with Crippen LogP contribution in [0.25, 0.3) is 10.9 Å². The van der Waals surface area contributed by atoms with Crippen molar-refractivity contribution in [3.63, 3.8) is 0 Å². The van der Waals surface area contributed by atoms with Crippen molar-refractivity contribution in [3.8, 4) is 5.75 Å². The predicted molar refractivity (Wildman–Crippen MR) is 142 cm³/mol. The van der Waals surface area contributed by atoms with Gasteiger partial charge in [0, 0.05) is 62.0 Å². The van der Waals surface area contributed by atoms with Gasteiger partial charge in [0.2, 0.25) is 5.91 Å². The zero-order valence-electron chi connectivity index (χ0n) is 21.6. The molecule has 9 nitrogen and oxygen atoms in total. The van der Waals surface area contributed by atoms with Crippen LogP contribution in [0.15, 0.2) is 53.5 Å². The smallest absolute Gasteiger partial charge is 0.318 e. The normalized spacial score (nSPS) is 19.4. The molecule has 3 amide bonds. The summed E-state index contributed by atoms with van der Waals surface area (Å²) in [5, 5.41) is 7.01. The minimum atomic E-state index is -0.634. The molecular weight excluding hydrogens is 470 g/mol. The van der Waals surface area contributed by atoms with E-state index in [4.69, 9.17) is 4.74 Å². The van der Waals surface area contributed by atoms with Gasteiger partial charge in [0.15, 0.2) is 0 Å². The van der Waals surface area contributed by atoms with E-state index < -0.39 is 6.04 Å². The number of pyridine rings is 1. The third-order valence-electron chi connectivity index (χ3n) is 7.64. The molecule has 196 valence electrons. The molecule has 0 saturated carbocycles. The van der Waals surface area contributed by atoms with Crippen molar-refractivity contribution in [1.29, 1.82) is 0 Å². The molecule has 2 N–H and O–H groups in total. The van der Waals surface area contributed by atoms with Crippen molar-refractivity contribution in [2.24, 2.45) is 11.8 Å². The second kappa shape index (κ2) is 10.3. The number of benzene rings is 1. The van der Waals surface area contributed by atoms with Gasteiger partial charge in [0.05, 0.1) is 12.6 Å². The monoisotopic (exact) mass is 505 g/mol. The zero-order valence-corrected chi connectivity index (χ0v) is 21.6. The van der Waals surface area contributed by atoms with Gasteiger partial charge in [-0.05, 0) is 42.5 Å². The van der Waals surface area contributed by atoms with Crippen molar-refractivity contribution in [3.05, 3.63) is 64.7 Å². The number of amides is 3. The number of methoxy groups -OCH3 is 1. The fourth-order valence-electron chi connectivity index (χ4n) is 5.80. The summed E-state index contributed by atoms with van der Waals surface area (Å²) in [6.07, 6.45) is 2.96. The molecule has 5 rings (SSSR count). The number of nitrogens with zero attached hydrogens (tertiary/aromatic N) is 3. The van der Waals surface area contributed by atoms with Crippen LogP contribution < -0.4 is 20.9 Å². The summed E-state index contributed by atoms with van der Waals surface area (Å²) >= 11 is 0. The van der Waals surface area contributed by atoms with Crippen molar-refractivity contribution in [2.75, 3.05) is 26.7 Å². The molecule has 9 heteroatoms. The SMILES string of the molecule is COc1cccc2c1ccn2CCNC(=O)C(NC(=O)N1CC2CC(C1)c1cccc(=O)n1C2)C(C)C. The lowest BCUT2D eigenvalue weighted by Crippen LogP contribution is -2.57. The van der Waals surface area contributed by atoms with Gasteiger partial charge in [-0.2, -0.15) is 0 Å². The van der Waals surface area contributed by atoms with Crippen molar-refractivity contribution in [2.45, 2.75) is 45.3 Å². The Labute approximate surface area is 216 Å². The summed E-state index contributed by atoms with van der Waals surface area (Å²) in [4.78, 5) is 40.4. The van der Waals surface area contributed by atoms with Crippen LogP contribution in [0.4, 0.5) is 4.79 Å². The first-order valence-electron chi connectivity index (χ1n) is 13.0. The number of piperidine rings is 1. The van der Waals surface area contributed by atoms with Gasteiger partial charge < -0.3 is 29.4 Å². The number of ether oxygens (including phenoxy) is 1. The molecule has 3 atom stereocenters. The minimum Gasteiger partial charge on any atom is -0.496 e. The van der Waals surface area contributed by atoms with Gasteiger partial charge in [-0.15, -0.1) is 0 Å². The standard InChI is InChI=1S/C28H35N5O4/c1-18(2)26(27(35)29-11-13-31-12-10-21-23(31)7-4-8-24(21)37-3)30-28(36)32-15-19-14-20(17-32)22-6-5-9-25(34)33(22)16-19/h4-10,12,18-20,26H,11,13-17H2,1-3H3,(H,29,35)(H,30,36). The number of aromatic nitrogens is 2. The Bertz CT molecular complexity index is 1360. The second-order valence-corrected chi connectivity index (χ2v) is 10.5. The molecule has 2 aliphatic rings. The first-order valence-corrected chi connectivity index (χ1v) is 13.0. The molecule has 0 radical (unpaired) electrons. The van der Waals surface area contributed by atoms with Crippen LogP contribution in [0.5, 0.6) is 5.75 Å². The topological polar surface area (TPSA) is 97.6 Å². The third-order valence-corrected chi connectivity index (χ3v) is 7.64. The summed E-state index contributed by atoms with van der Waals surface area (Å²) < 4.78 is 9.36. The van der Waals surface area contributed by atoms with Crippen LogP contribution in [-0.4, -0.2) is 58.8 Å². The Balaban J connectivity index is 1.19. The third kappa shape index (κ3) is 4.95. The highest BCUT2D eigenvalue weighted by molar-refractivity contribution is 5.88. The van der Waals surface area contributed by atoms with E-state index in [9.17, 15) is 14.4 Å². The number of carbonyl (C=O) groups is 2. The van der Waals surface area contributed by atoms with Crippen molar-refractivity contribution in [1.82, 2.24) is 24.7 Å². The first kappa shape index (κ1) is 24.9. The molecule has 37 heavy (non-hydrogen) atoms. The van der Waals surface area contributed by atoms with Crippen LogP contribution in [-0.2, 0) is 17.9 Å². The largest absolute Gasteiger partial charge is 0.496 e. The number of hydrogen-bond acceptors (Lipinski definition) is 4. The molecule has 3 aromatic rings. The van der Waals surface area contributed by atoms with Gasteiger partial charge in [-0.3, -0.25) is 9.59 Å². The van der Waals surface area contributed by atoms with Gasteiger partial charge in [0.25, 0.3) is 5.56 Å². The number of hydrogen-bond donors (Lipinski definition) is 2. The first-order chi connectivity index (χ1) is 17.9. The number of carbonyl (C=O) groups excluding carboxylic acids is 2. The average molecular weight is 506 g/mol. The number of nitrogens with one attached hydrogen (secondary N) is 2. The van der Waals surface area contributed by atoms with Crippen molar-refractivity contribution >= 4 is 22.8 Å². The van der Waals surface area contributed by atoms with E-state index in [1.807, 2.05) is 59.8 Å². The number of urea groups is 1. The maximum Gasteiger partial charge on any atom is 0.318 e. The molecule has 1 aromatic carbocycles. The Morgan fingerprint density at radius 2 is 1.89 bits per heavy atom. The van der Waals surface area contributed by atoms with E-state index in [0.717, 1.165) is 28.8 Å². The Morgan fingerprint density at radius 1 is 1.08 bits per heavy atom. The van der Waals surface area contributed by atoms with E-state index >= 15 is 0 Å². The van der Waals surface area contributed by atoms with E-state index in [-0.39, 0.29) is 35.3 Å². The number of likely N-dealkylation sites (tertiary alicyclic amines) is 1. The molecule has 1 saturated heterocycles. The van der Waals surface area contributed by atoms with E-state index in [0.29, 0.717) is 32.7 Å². The molecule has 0 aliphatic carbocycles. The van der Waals surface area contributed by atoms with E-state index in [2.05, 4.69) is 15.2 Å². The molecule has 0 spiro atoms. The molecule has 3 unspecified atom stereocenters. The summed E-state index contributed by atoms with van der Waals surface area (Å²) in [7, 11) is 1.66. The lowest BCUT2D eigenvalue weighted by Gasteiger charge is -2.43.